The first-order valence-electron chi connectivity index (χ1n) is 5.36. The molecule has 3 atom stereocenters. The summed E-state index contributed by atoms with van der Waals surface area (Å²) in [6.45, 7) is 5.10. The summed E-state index contributed by atoms with van der Waals surface area (Å²) in [5.41, 5.74) is 3.89. The predicted molar refractivity (Wildman–Crippen MR) is 60.2 cm³/mol. The minimum atomic E-state index is 0.134. The van der Waals surface area contributed by atoms with Crippen LogP contribution >= 0.6 is 11.6 Å². The molecule has 1 heterocycles. The Morgan fingerprint density at radius 2 is 2.47 bits per heavy atom. The minimum absolute atomic E-state index is 0.134. The van der Waals surface area contributed by atoms with E-state index < -0.39 is 0 Å². The van der Waals surface area contributed by atoms with Crippen LogP contribution in [0.4, 0.5) is 0 Å². The predicted octanol–water partition coefficient (Wildman–Crippen LogP) is 1.72. The molecular weight excluding hydrogens is 212 g/mol. The van der Waals surface area contributed by atoms with Gasteiger partial charge in [-0.25, -0.2) is 0 Å². The smallest absolute Gasteiger partial charge is 0.0834 e. The topological polar surface area (TPSA) is 55.9 Å². The molecule has 1 aromatic rings. The van der Waals surface area contributed by atoms with Crippen molar-refractivity contribution in [3.8, 4) is 0 Å². The van der Waals surface area contributed by atoms with Gasteiger partial charge in [0.2, 0.25) is 0 Å². The van der Waals surface area contributed by atoms with Gasteiger partial charge in [0.25, 0.3) is 0 Å². The molecule has 1 fully saturated rings. The van der Waals surface area contributed by atoms with Crippen LogP contribution in [0.25, 0.3) is 0 Å². The Labute approximate surface area is 94.8 Å². The second kappa shape index (κ2) is 4.12. The van der Waals surface area contributed by atoms with Crippen molar-refractivity contribution in [2.24, 2.45) is 17.7 Å². The molecule has 1 saturated carbocycles. The van der Waals surface area contributed by atoms with E-state index in [0.717, 1.165) is 18.2 Å². The maximum absolute atomic E-state index is 6.14. The molecule has 5 heteroatoms. The number of aromatic nitrogens is 2. The molecule has 1 aromatic heterocycles. The van der Waals surface area contributed by atoms with Crippen LogP contribution < -0.4 is 11.3 Å². The molecule has 1 aliphatic rings. The number of hydrazine groups is 1. The summed E-state index contributed by atoms with van der Waals surface area (Å²) in [5.74, 6) is 6.93. The van der Waals surface area contributed by atoms with Crippen molar-refractivity contribution in [2.75, 3.05) is 0 Å². The van der Waals surface area contributed by atoms with E-state index in [1.54, 1.807) is 6.20 Å². The summed E-state index contributed by atoms with van der Waals surface area (Å²) >= 11 is 6.14. The van der Waals surface area contributed by atoms with E-state index in [1.807, 2.05) is 4.68 Å². The van der Waals surface area contributed by atoms with Gasteiger partial charge in [-0.3, -0.25) is 16.0 Å². The summed E-state index contributed by atoms with van der Waals surface area (Å²) in [7, 11) is 0. The average Bonchev–Trinajstić information content (AvgIpc) is 2.82. The fourth-order valence-electron chi connectivity index (χ4n) is 2.15. The van der Waals surface area contributed by atoms with Crippen molar-refractivity contribution >= 4 is 11.6 Å². The van der Waals surface area contributed by atoms with Gasteiger partial charge in [-0.15, -0.1) is 0 Å². The number of hydrogen-bond acceptors (Lipinski definition) is 3. The van der Waals surface area contributed by atoms with E-state index in [0.29, 0.717) is 10.9 Å². The number of rotatable bonds is 4. The molecule has 2 rings (SSSR count). The second-order valence-corrected chi connectivity index (χ2v) is 4.62. The van der Waals surface area contributed by atoms with Crippen molar-refractivity contribution in [1.29, 1.82) is 0 Å². The average molecular weight is 229 g/mol. The quantitative estimate of drug-likeness (QED) is 0.610. The SMILES string of the molecule is CCn1ncc(Cl)c1C(NN)C1CC1C. The molecule has 4 nitrogen and oxygen atoms in total. The molecule has 0 amide bonds. The molecule has 15 heavy (non-hydrogen) atoms. The number of hydrogen-bond donors (Lipinski definition) is 2. The zero-order valence-corrected chi connectivity index (χ0v) is 9.83. The van der Waals surface area contributed by atoms with Crippen LogP contribution in [0, 0.1) is 11.8 Å². The lowest BCUT2D eigenvalue weighted by atomic mass is 10.1. The molecule has 0 spiro atoms. The Morgan fingerprint density at radius 1 is 1.80 bits per heavy atom. The van der Waals surface area contributed by atoms with Crippen LogP contribution in [0.15, 0.2) is 6.20 Å². The Kier molecular flexibility index (Phi) is 3.00. The first-order valence-corrected chi connectivity index (χ1v) is 5.74. The maximum Gasteiger partial charge on any atom is 0.0834 e. The molecule has 3 N–H and O–H groups in total. The van der Waals surface area contributed by atoms with E-state index in [1.165, 1.54) is 6.42 Å². The van der Waals surface area contributed by atoms with Crippen LogP contribution in [-0.2, 0) is 6.54 Å². The first-order chi connectivity index (χ1) is 7.19. The summed E-state index contributed by atoms with van der Waals surface area (Å²) in [5, 5.41) is 4.93. The highest BCUT2D eigenvalue weighted by Crippen LogP contribution is 2.47. The number of nitrogens with zero attached hydrogens (tertiary/aromatic N) is 2. The number of nitrogens with one attached hydrogen (secondary N) is 1. The van der Waals surface area contributed by atoms with Gasteiger partial charge < -0.3 is 0 Å². The third-order valence-electron chi connectivity index (χ3n) is 3.21. The van der Waals surface area contributed by atoms with Gasteiger partial charge in [0.1, 0.15) is 0 Å². The lowest BCUT2D eigenvalue weighted by Gasteiger charge is -2.17. The van der Waals surface area contributed by atoms with Gasteiger partial charge in [0, 0.05) is 6.54 Å². The van der Waals surface area contributed by atoms with E-state index in [4.69, 9.17) is 17.4 Å². The standard InChI is InChI=1S/C10H17ClN4/c1-3-15-10(8(11)5-13-15)9(14-12)7-4-6(7)2/h5-7,9,14H,3-4,12H2,1-2H3. The zero-order chi connectivity index (χ0) is 11.0. The molecule has 0 saturated heterocycles. The lowest BCUT2D eigenvalue weighted by Crippen LogP contribution is -2.32. The fourth-order valence-corrected chi connectivity index (χ4v) is 2.41. The largest absolute Gasteiger partial charge is 0.271 e. The van der Waals surface area contributed by atoms with Crippen molar-refractivity contribution in [2.45, 2.75) is 32.9 Å². The van der Waals surface area contributed by atoms with E-state index >= 15 is 0 Å². The van der Waals surface area contributed by atoms with Gasteiger partial charge >= 0.3 is 0 Å². The summed E-state index contributed by atoms with van der Waals surface area (Å²) in [6, 6.07) is 0.134. The molecule has 0 aliphatic heterocycles. The lowest BCUT2D eigenvalue weighted by molar-refractivity contribution is 0.435. The Balaban J connectivity index is 2.28. The normalized spacial score (nSPS) is 26.7. The number of halogens is 1. The van der Waals surface area contributed by atoms with Crippen molar-refractivity contribution in [1.82, 2.24) is 15.2 Å². The minimum Gasteiger partial charge on any atom is -0.271 e. The fraction of sp³-hybridized carbons (Fsp3) is 0.700. The van der Waals surface area contributed by atoms with Crippen molar-refractivity contribution in [3.05, 3.63) is 16.9 Å². The van der Waals surface area contributed by atoms with Gasteiger partial charge in [-0.1, -0.05) is 18.5 Å². The van der Waals surface area contributed by atoms with Crippen LogP contribution in [0.3, 0.4) is 0 Å². The van der Waals surface area contributed by atoms with E-state index in [2.05, 4.69) is 24.4 Å². The van der Waals surface area contributed by atoms with Crippen molar-refractivity contribution in [3.63, 3.8) is 0 Å². The van der Waals surface area contributed by atoms with E-state index in [9.17, 15) is 0 Å². The van der Waals surface area contributed by atoms with Crippen LogP contribution in [0.1, 0.15) is 32.0 Å². The zero-order valence-electron chi connectivity index (χ0n) is 9.07. The third-order valence-corrected chi connectivity index (χ3v) is 3.50. The van der Waals surface area contributed by atoms with Gasteiger partial charge in [0.15, 0.2) is 0 Å². The van der Waals surface area contributed by atoms with Gasteiger partial charge in [-0.2, -0.15) is 5.10 Å². The van der Waals surface area contributed by atoms with Crippen molar-refractivity contribution < 1.29 is 0 Å². The molecule has 0 aromatic carbocycles. The monoisotopic (exact) mass is 228 g/mol. The van der Waals surface area contributed by atoms with Crippen LogP contribution in [0.2, 0.25) is 5.02 Å². The molecule has 1 aliphatic carbocycles. The molecule has 3 unspecified atom stereocenters. The number of nitrogens with two attached hydrogens (primary N) is 1. The first kappa shape index (κ1) is 10.9. The van der Waals surface area contributed by atoms with Gasteiger partial charge in [-0.05, 0) is 25.2 Å². The molecule has 0 radical (unpaired) electrons. The third kappa shape index (κ3) is 1.89. The summed E-state index contributed by atoms with van der Waals surface area (Å²) in [6.07, 6.45) is 2.90. The Morgan fingerprint density at radius 3 is 2.93 bits per heavy atom. The maximum atomic E-state index is 6.14. The summed E-state index contributed by atoms with van der Waals surface area (Å²) in [4.78, 5) is 0. The van der Waals surface area contributed by atoms with E-state index in [-0.39, 0.29) is 6.04 Å². The molecule has 0 bridgehead atoms. The Hall–Kier alpha value is -0.580. The Bertz CT molecular complexity index is 349. The highest BCUT2D eigenvalue weighted by Gasteiger charge is 2.41. The highest BCUT2D eigenvalue weighted by molar-refractivity contribution is 6.31. The molecular formula is C10H17ClN4. The summed E-state index contributed by atoms with van der Waals surface area (Å²) < 4.78 is 1.91. The molecule has 84 valence electrons. The van der Waals surface area contributed by atoms with Gasteiger partial charge in [0.05, 0.1) is 23.0 Å². The van der Waals surface area contributed by atoms with Crippen LogP contribution in [-0.4, -0.2) is 9.78 Å². The highest BCUT2D eigenvalue weighted by atomic mass is 35.5. The second-order valence-electron chi connectivity index (χ2n) is 4.21. The van der Waals surface area contributed by atoms with Crippen LogP contribution in [0.5, 0.6) is 0 Å². The number of aryl methyl sites for hydroxylation is 1.